The third kappa shape index (κ3) is 7.09. The van der Waals surface area contributed by atoms with Crippen LogP contribution >= 0.6 is 11.6 Å². The Hall–Kier alpha value is -3.41. The third-order valence-electron chi connectivity index (χ3n) is 5.33. The van der Waals surface area contributed by atoms with Crippen LogP contribution in [-0.4, -0.2) is 16.8 Å². The van der Waals surface area contributed by atoms with E-state index in [0.29, 0.717) is 22.0 Å². The lowest BCUT2D eigenvalue weighted by molar-refractivity contribution is 0.579. The molecule has 0 aliphatic carbocycles. The molecule has 4 aromatic carbocycles. The van der Waals surface area contributed by atoms with E-state index in [0.717, 1.165) is 5.56 Å². The molecule has 191 valence electrons. The largest absolute Gasteiger partial charge is 0.399 e. The van der Waals surface area contributed by atoms with Crippen molar-refractivity contribution in [2.24, 2.45) is 0 Å². The highest BCUT2D eigenvalue weighted by atomic mass is 35.5. The molecule has 4 rings (SSSR count). The first kappa shape index (κ1) is 26.6. The van der Waals surface area contributed by atoms with Crippen LogP contribution < -0.4 is 20.5 Å². The highest BCUT2D eigenvalue weighted by Gasteiger charge is 2.17. The van der Waals surface area contributed by atoms with Gasteiger partial charge in [0.05, 0.1) is 9.79 Å². The summed E-state index contributed by atoms with van der Waals surface area (Å²) < 4.78 is 56.0. The van der Waals surface area contributed by atoms with Gasteiger partial charge in [0.15, 0.2) is 0 Å². The average molecular weight is 556 g/mol. The predicted octanol–water partition coefficient (Wildman–Crippen LogP) is 4.42. The Morgan fingerprint density at radius 2 is 1.43 bits per heavy atom. The first-order chi connectivity index (χ1) is 17.6. The van der Waals surface area contributed by atoms with Crippen LogP contribution in [0.4, 0.5) is 17.1 Å². The maximum atomic E-state index is 12.8. The van der Waals surface area contributed by atoms with Crippen molar-refractivity contribution in [1.82, 2.24) is 9.44 Å². The van der Waals surface area contributed by atoms with Crippen LogP contribution in [0.1, 0.15) is 11.1 Å². The molecule has 0 heterocycles. The summed E-state index contributed by atoms with van der Waals surface area (Å²) in [7, 11) is -7.63. The molecule has 5 N–H and O–H groups in total. The van der Waals surface area contributed by atoms with Crippen molar-refractivity contribution < 1.29 is 16.8 Å². The van der Waals surface area contributed by atoms with E-state index in [1.54, 1.807) is 30.3 Å². The molecule has 0 bridgehead atoms. The zero-order valence-corrected chi connectivity index (χ0v) is 21.9. The number of hydrogen-bond acceptors (Lipinski definition) is 6. The van der Waals surface area contributed by atoms with E-state index < -0.39 is 20.0 Å². The highest BCUT2D eigenvalue weighted by molar-refractivity contribution is 7.89. The standard InChI is InChI=1S/C26H24ClN4O4S2/c27-26-9-5-4-8-20(26)18-30-36(32,33)24-12-10-22(11-13-24)31-23-14-21(28)15-25(16-23)37(34,35)29-17-19-6-2-1-3-7-19/h1-10,12-16,29-31H,17-18,28H2. The summed E-state index contributed by atoms with van der Waals surface area (Å²) in [6.07, 6.45) is 0. The number of halogens is 1. The molecule has 0 fully saturated rings. The van der Waals surface area contributed by atoms with Crippen LogP contribution in [0.5, 0.6) is 0 Å². The Morgan fingerprint density at radius 3 is 2.14 bits per heavy atom. The second-order valence-corrected chi connectivity index (χ2v) is 12.0. The van der Waals surface area contributed by atoms with Crippen LogP contribution in [-0.2, 0) is 33.1 Å². The molecular weight excluding hydrogens is 532 g/mol. The first-order valence-electron chi connectivity index (χ1n) is 11.1. The zero-order valence-electron chi connectivity index (χ0n) is 19.5. The molecule has 0 atom stereocenters. The van der Waals surface area contributed by atoms with Crippen LogP contribution in [0.3, 0.4) is 0 Å². The molecule has 0 amide bonds. The topological polar surface area (TPSA) is 130 Å². The number of nitrogens with one attached hydrogen (secondary N) is 3. The number of rotatable bonds is 10. The van der Waals surface area contributed by atoms with Gasteiger partial charge in [-0.3, -0.25) is 0 Å². The van der Waals surface area contributed by atoms with E-state index in [1.165, 1.54) is 30.3 Å². The van der Waals surface area contributed by atoms with Crippen LogP contribution in [0.25, 0.3) is 0 Å². The summed E-state index contributed by atoms with van der Waals surface area (Å²) in [4.78, 5) is 0.0139. The van der Waals surface area contributed by atoms with Gasteiger partial charge in [0.1, 0.15) is 0 Å². The monoisotopic (exact) mass is 555 g/mol. The molecule has 11 heteroatoms. The number of nitrogen functional groups attached to an aromatic ring is 1. The van der Waals surface area contributed by atoms with Gasteiger partial charge in [0.2, 0.25) is 20.0 Å². The van der Waals surface area contributed by atoms with Gasteiger partial charge in [-0.1, -0.05) is 60.1 Å². The Morgan fingerprint density at radius 1 is 0.757 bits per heavy atom. The third-order valence-corrected chi connectivity index (χ3v) is 8.48. The minimum absolute atomic E-state index is 0.00565. The summed E-state index contributed by atoms with van der Waals surface area (Å²) in [5.74, 6) is 0. The van der Waals surface area contributed by atoms with Crippen molar-refractivity contribution in [1.29, 1.82) is 0 Å². The molecule has 0 spiro atoms. The van der Waals surface area contributed by atoms with Crippen molar-refractivity contribution in [3.63, 3.8) is 0 Å². The summed E-state index contributed by atoms with van der Waals surface area (Å²) in [5, 5.41) is 3.48. The lowest BCUT2D eigenvalue weighted by atomic mass is 10.2. The highest BCUT2D eigenvalue weighted by Crippen LogP contribution is 2.25. The summed E-state index contributed by atoms with van der Waals surface area (Å²) in [5.41, 5.74) is 8.50. The maximum Gasteiger partial charge on any atom is 0.241 e. The maximum absolute atomic E-state index is 12.8. The van der Waals surface area contributed by atoms with E-state index >= 15 is 0 Å². The van der Waals surface area contributed by atoms with E-state index in [2.05, 4.69) is 20.8 Å². The molecule has 0 aliphatic heterocycles. The average Bonchev–Trinajstić information content (AvgIpc) is 2.88. The molecular formula is C26H24ClN4O4S2. The molecule has 1 radical (unpaired) electrons. The Labute approximate surface area is 221 Å². The normalized spacial score (nSPS) is 11.8. The molecule has 4 aromatic rings. The second-order valence-electron chi connectivity index (χ2n) is 8.08. The predicted molar refractivity (Wildman–Crippen MR) is 145 cm³/mol. The Balaban J connectivity index is 1.45. The van der Waals surface area contributed by atoms with E-state index in [-0.39, 0.29) is 28.6 Å². The number of hydrogen-bond donors (Lipinski definition) is 4. The van der Waals surface area contributed by atoms with Gasteiger partial charge < -0.3 is 11.1 Å². The fourth-order valence-electron chi connectivity index (χ4n) is 3.42. The number of nitrogens with two attached hydrogens (primary N) is 1. The van der Waals surface area contributed by atoms with Crippen LogP contribution in [0.2, 0.25) is 5.02 Å². The summed E-state index contributed by atoms with van der Waals surface area (Å²) in [6, 6.07) is 27.6. The smallest absolute Gasteiger partial charge is 0.241 e. The van der Waals surface area contributed by atoms with Crippen LogP contribution in [0.15, 0.2) is 101 Å². The Kier molecular flexibility index (Phi) is 8.16. The lowest BCUT2D eigenvalue weighted by Crippen LogP contribution is -2.23. The Bertz CT molecular complexity index is 1600. The van der Waals surface area contributed by atoms with Gasteiger partial charge in [0, 0.05) is 41.2 Å². The van der Waals surface area contributed by atoms with Crippen molar-refractivity contribution in [3.8, 4) is 0 Å². The van der Waals surface area contributed by atoms with Gasteiger partial charge in [-0.25, -0.2) is 26.3 Å². The quantitative estimate of drug-likeness (QED) is 0.214. The molecule has 0 aliphatic rings. The fraction of sp³-hybridized carbons (Fsp3) is 0.0769. The van der Waals surface area contributed by atoms with Gasteiger partial charge >= 0.3 is 0 Å². The van der Waals surface area contributed by atoms with Crippen molar-refractivity contribution in [2.45, 2.75) is 22.9 Å². The van der Waals surface area contributed by atoms with Crippen molar-refractivity contribution >= 4 is 48.7 Å². The summed E-state index contributed by atoms with van der Waals surface area (Å²) in [6.45, 7) is 0.176. The van der Waals surface area contributed by atoms with Gasteiger partial charge in [-0.15, -0.1) is 0 Å². The lowest BCUT2D eigenvalue weighted by Gasteiger charge is -2.12. The molecule has 0 saturated heterocycles. The van der Waals surface area contributed by atoms with Gasteiger partial charge in [0.25, 0.3) is 0 Å². The SMILES string of the molecule is Nc1cc(Nc2[c]cc(S(=O)(=O)NCc3ccccc3Cl)cc2)cc(S(=O)(=O)NCc2ccccc2)c1. The fourth-order valence-corrected chi connectivity index (χ4v) is 5.69. The molecule has 0 unspecified atom stereocenters. The van der Waals surface area contributed by atoms with Crippen molar-refractivity contribution in [2.75, 3.05) is 11.1 Å². The first-order valence-corrected chi connectivity index (χ1v) is 14.4. The van der Waals surface area contributed by atoms with Gasteiger partial charge in [-0.05, 0) is 53.6 Å². The van der Waals surface area contributed by atoms with E-state index in [1.807, 2.05) is 30.3 Å². The van der Waals surface area contributed by atoms with Crippen LogP contribution in [0, 0.1) is 6.07 Å². The minimum atomic E-state index is -3.83. The molecule has 0 saturated carbocycles. The molecule has 8 nitrogen and oxygen atoms in total. The van der Waals surface area contributed by atoms with Crippen molar-refractivity contribution in [3.05, 3.63) is 113 Å². The second kappa shape index (κ2) is 11.3. The zero-order chi connectivity index (χ0) is 26.5. The molecule has 37 heavy (non-hydrogen) atoms. The number of sulfonamides is 2. The minimum Gasteiger partial charge on any atom is -0.399 e. The molecule has 0 aromatic heterocycles. The van der Waals surface area contributed by atoms with E-state index in [9.17, 15) is 16.8 Å². The summed E-state index contributed by atoms with van der Waals surface area (Å²) >= 11 is 6.09. The number of benzene rings is 4. The van der Waals surface area contributed by atoms with Gasteiger partial charge in [-0.2, -0.15) is 0 Å². The van der Waals surface area contributed by atoms with E-state index in [4.69, 9.17) is 17.3 Å². The number of anilines is 3.